The van der Waals surface area contributed by atoms with Crippen molar-refractivity contribution in [3.8, 4) is 0 Å². The summed E-state index contributed by atoms with van der Waals surface area (Å²) in [4.78, 5) is 0. The van der Waals surface area contributed by atoms with E-state index in [2.05, 4.69) is 24.5 Å². The van der Waals surface area contributed by atoms with E-state index in [0.717, 1.165) is 0 Å². The second kappa shape index (κ2) is 4.25. The average molecular weight is 142 g/mol. The molecule has 1 nitrogen and oxygen atoms in total. The van der Waals surface area contributed by atoms with Crippen molar-refractivity contribution in [3.05, 3.63) is 0 Å². The SMILES string of the molecule is CCOP(S)S. The third kappa shape index (κ3) is 5.09. The van der Waals surface area contributed by atoms with E-state index < -0.39 is 6.55 Å². The van der Waals surface area contributed by atoms with Crippen molar-refractivity contribution in [2.75, 3.05) is 6.61 Å². The number of rotatable bonds is 2. The molecule has 0 aliphatic rings. The monoisotopic (exact) mass is 142 g/mol. The predicted octanol–water partition coefficient (Wildman–Crippen LogP) is 2.11. The van der Waals surface area contributed by atoms with E-state index in [0.29, 0.717) is 6.61 Å². The molecule has 4 heteroatoms. The minimum Gasteiger partial charge on any atom is -0.340 e. The van der Waals surface area contributed by atoms with Crippen molar-refractivity contribution in [3.63, 3.8) is 0 Å². The highest BCUT2D eigenvalue weighted by Gasteiger charge is 1.86. The lowest BCUT2D eigenvalue weighted by molar-refractivity contribution is 0.395. The lowest BCUT2D eigenvalue weighted by Gasteiger charge is -1.97. The summed E-state index contributed by atoms with van der Waals surface area (Å²) in [5.41, 5.74) is 0. The molecule has 38 valence electrons. The molecule has 0 saturated heterocycles. The number of thiol groups is 2. The summed E-state index contributed by atoms with van der Waals surface area (Å²) in [6.07, 6.45) is 0. The van der Waals surface area contributed by atoms with Crippen molar-refractivity contribution < 1.29 is 4.52 Å². The lowest BCUT2D eigenvalue weighted by atomic mass is 10.9. The average Bonchev–Trinajstić information content (AvgIpc) is 1.35. The molecule has 0 aliphatic heterocycles. The zero-order valence-corrected chi connectivity index (χ0v) is 6.14. The van der Waals surface area contributed by atoms with Gasteiger partial charge in [0.25, 0.3) is 0 Å². The highest BCUT2D eigenvalue weighted by atomic mass is 33.1. The molecule has 0 rings (SSSR count). The van der Waals surface area contributed by atoms with Crippen LogP contribution in [0.3, 0.4) is 0 Å². The van der Waals surface area contributed by atoms with Crippen LogP contribution in [0.4, 0.5) is 0 Å². The van der Waals surface area contributed by atoms with Crippen LogP contribution >= 0.6 is 31.0 Å². The van der Waals surface area contributed by atoms with Gasteiger partial charge in [-0.15, -0.1) is 24.5 Å². The fraction of sp³-hybridized carbons (Fsp3) is 1.00. The predicted molar refractivity (Wildman–Crippen MR) is 36.5 cm³/mol. The van der Waals surface area contributed by atoms with Gasteiger partial charge in [-0.1, -0.05) is 0 Å². The van der Waals surface area contributed by atoms with E-state index in [1.165, 1.54) is 0 Å². The molecule has 0 aromatic carbocycles. The molecule has 0 unspecified atom stereocenters. The minimum absolute atomic E-state index is 0.707. The third-order valence-corrected chi connectivity index (χ3v) is 1.43. The van der Waals surface area contributed by atoms with Gasteiger partial charge in [0, 0.05) is 0 Å². The normalized spacial score (nSPS) is 10.0. The second-order valence-corrected chi connectivity index (χ2v) is 4.56. The molecular formula is C2H7OPS2. The molecule has 0 atom stereocenters. The molecule has 0 heterocycles. The van der Waals surface area contributed by atoms with E-state index in [4.69, 9.17) is 4.52 Å². The summed E-state index contributed by atoms with van der Waals surface area (Å²) >= 11 is 7.77. The Labute approximate surface area is 49.6 Å². The number of hydrogen-bond donors (Lipinski definition) is 2. The first-order chi connectivity index (χ1) is 2.77. The van der Waals surface area contributed by atoms with Crippen molar-refractivity contribution in [1.29, 1.82) is 0 Å². The molecule has 6 heavy (non-hydrogen) atoms. The maximum atomic E-state index is 4.83. The molecule has 0 bridgehead atoms. The summed E-state index contributed by atoms with van der Waals surface area (Å²) in [7, 11) is 0. The highest BCUT2D eigenvalue weighted by Crippen LogP contribution is 2.45. The van der Waals surface area contributed by atoms with Gasteiger partial charge in [-0.3, -0.25) is 0 Å². The smallest absolute Gasteiger partial charge is 0.145 e. The van der Waals surface area contributed by atoms with Crippen LogP contribution in [-0.2, 0) is 4.52 Å². The van der Waals surface area contributed by atoms with Gasteiger partial charge in [-0.05, 0) is 6.92 Å². The lowest BCUT2D eigenvalue weighted by Crippen LogP contribution is -1.70. The van der Waals surface area contributed by atoms with Crippen LogP contribution in [0.15, 0.2) is 0 Å². The van der Waals surface area contributed by atoms with Crippen molar-refractivity contribution in [2.24, 2.45) is 0 Å². The molecule has 0 fully saturated rings. The molecule has 0 N–H and O–H groups in total. The second-order valence-electron chi connectivity index (χ2n) is 0.671. The summed E-state index contributed by atoms with van der Waals surface area (Å²) in [5, 5.41) is 0. The van der Waals surface area contributed by atoms with Gasteiger partial charge in [-0.25, -0.2) is 0 Å². The molecule has 0 aliphatic carbocycles. The summed E-state index contributed by atoms with van der Waals surface area (Å²) in [6, 6.07) is 0. The number of hydrogen-bond acceptors (Lipinski definition) is 3. The van der Waals surface area contributed by atoms with Gasteiger partial charge in [-0.2, -0.15) is 0 Å². The van der Waals surface area contributed by atoms with Gasteiger partial charge in [0.05, 0.1) is 6.61 Å². The first-order valence-electron chi connectivity index (χ1n) is 1.58. The van der Waals surface area contributed by atoms with Crippen LogP contribution in [0.5, 0.6) is 0 Å². The molecule has 0 saturated carbocycles. The van der Waals surface area contributed by atoms with E-state index in [9.17, 15) is 0 Å². The maximum absolute atomic E-state index is 4.83. The van der Waals surface area contributed by atoms with Crippen LogP contribution in [0.2, 0.25) is 0 Å². The molecule has 0 aromatic heterocycles. The van der Waals surface area contributed by atoms with Crippen molar-refractivity contribution >= 4 is 31.0 Å². The first-order valence-corrected chi connectivity index (χ1v) is 5.14. The quantitative estimate of drug-likeness (QED) is 0.443. The molecular weight excluding hydrogens is 135 g/mol. The van der Waals surface area contributed by atoms with E-state index in [1.807, 2.05) is 6.92 Å². The summed E-state index contributed by atoms with van der Waals surface area (Å²) in [5.74, 6) is 0. The Balaban J connectivity index is 2.63. The highest BCUT2D eigenvalue weighted by molar-refractivity contribution is 8.76. The van der Waals surface area contributed by atoms with Gasteiger partial charge < -0.3 is 4.52 Å². The van der Waals surface area contributed by atoms with Crippen LogP contribution in [-0.4, -0.2) is 6.61 Å². The van der Waals surface area contributed by atoms with E-state index in [1.54, 1.807) is 0 Å². The Morgan fingerprint density at radius 3 is 2.17 bits per heavy atom. The Hall–Kier alpha value is 1.09. The Morgan fingerprint density at radius 1 is 1.67 bits per heavy atom. The zero-order valence-electron chi connectivity index (χ0n) is 3.46. The van der Waals surface area contributed by atoms with Crippen molar-refractivity contribution in [1.82, 2.24) is 0 Å². The fourth-order valence-corrected chi connectivity index (χ4v) is 1.04. The Morgan fingerprint density at radius 2 is 2.17 bits per heavy atom. The summed E-state index contributed by atoms with van der Waals surface area (Å²) < 4.78 is 4.83. The van der Waals surface area contributed by atoms with Crippen molar-refractivity contribution in [2.45, 2.75) is 6.92 Å². The van der Waals surface area contributed by atoms with Gasteiger partial charge in [0.15, 0.2) is 0 Å². The van der Waals surface area contributed by atoms with Crippen LogP contribution in [0.1, 0.15) is 6.92 Å². The maximum Gasteiger partial charge on any atom is 0.145 e. The molecule has 0 amide bonds. The van der Waals surface area contributed by atoms with Crippen LogP contribution in [0.25, 0.3) is 0 Å². The van der Waals surface area contributed by atoms with Crippen LogP contribution < -0.4 is 0 Å². The minimum atomic E-state index is -0.712. The largest absolute Gasteiger partial charge is 0.340 e. The van der Waals surface area contributed by atoms with Gasteiger partial charge in [0.2, 0.25) is 0 Å². The standard InChI is InChI=1S/C2H7OPS2/c1-2-3-4(5)6/h5-6H,2H2,1H3. The fourth-order valence-electron chi connectivity index (χ4n) is 0.115. The Bertz CT molecular complexity index is 32.7. The van der Waals surface area contributed by atoms with Gasteiger partial charge in [0.1, 0.15) is 6.55 Å². The Kier molecular flexibility index (Phi) is 5.03. The zero-order chi connectivity index (χ0) is 4.99. The topological polar surface area (TPSA) is 9.23 Å². The first kappa shape index (κ1) is 7.09. The molecule has 0 aromatic rings. The van der Waals surface area contributed by atoms with Gasteiger partial charge >= 0.3 is 0 Å². The molecule has 0 spiro atoms. The van der Waals surface area contributed by atoms with E-state index >= 15 is 0 Å². The van der Waals surface area contributed by atoms with E-state index in [-0.39, 0.29) is 0 Å². The molecule has 0 radical (unpaired) electrons. The third-order valence-electron chi connectivity index (χ3n) is 0.245. The van der Waals surface area contributed by atoms with Crippen LogP contribution in [0, 0.1) is 0 Å². The summed E-state index contributed by atoms with van der Waals surface area (Å²) in [6.45, 7) is 1.91.